The van der Waals surface area contributed by atoms with Gasteiger partial charge in [0.1, 0.15) is 4.83 Å². The highest BCUT2D eigenvalue weighted by Crippen LogP contribution is 2.42. The van der Waals surface area contributed by atoms with Crippen LogP contribution in [0.15, 0.2) is 29.1 Å². The molecule has 1 unspecified atom stereocenters. The molecule has 0 bridgehead atoms. The van der Waals surface area contributed by atoms with E-state index in [2.05, 4.69) is 26.2 Å². The van der Waals surface area contributed by atoms with Crippen LogP contribution in [0.2, 0.25) is 0 Å². The molecule has 4 rings (SSSR count). The molecular formula is C21H26N4OS. The lowest BCUT2D eigenvalue weighted by atomic mass is 9.72. The van der Waals surface area contributed by atoms with Gasteiger partial charge in [0.25, 0.3) is 5.56 Å². The molecule has 3 N–H and O–H groups in total. The van der Waals surface area contributed by atoms with E-state index in [4.69, 9.17) is 10.8 Å². The van der Waals surface area contributed by atoms with Gasteiger partial charge in [-0.05, 0) is 55.2 Å². The molecular weight excluding hydrogens is 356 g/mol. The van der Waals surface area contributed by atoms with Gasteiger partial charge in [0.05, 0.1) is 11.1 Å². The van der Waals surface area contributed by atoms with E-state index in [1.54, 1.807) is 15.9 Å². The summed E-state index contributed by atoms with van der Waals surface area (Å²) in [5.74, 6) is 6.72. The van der Waals surface area contributed by atoms with E-state index in [1.807, 2.05) is 31.2 Å². The number of thiophene rings is 1. The molecule has 5 nitrogen and oxygen atoms in total. The summed E-state index contributed by atoms with van der Waals surface area (Å²) in [4.78, 5) is 20.2. The van der Waals surface area contributed by atoms with Crippen molar-refractivity contribution in [2.75, 3.05) is 5.43 Å². The lowest BCUT2D eigenvalue weighted by Gasteiger charge is -2.33. The lowest BCUT2D eigenvalue weighted by molar-refractivity contribution is 0.218. The van der Waals surface area contributed by atoms with Crippen LogP contribution >= 0.6 is 11.3 Å². The van der Waals surface area contributed by atoms with Crippen LogP contribution < -0.4 is 16.8 Å². The Morgan fingerprint density at radius 1 is 1.26 bits per heavy atom. The van der Waals surface area contributed by atoms with Crippen LogP contribution in [0.5, 0.6) is 0 Å². The van der Waals surface area contributed by atoms with Gasteiger partial charge in [-0.1, -0.05) is 38.5 Å². The summed E-state index contributed by atoms with van der Waals surface area (Å²) in [5, 5.41) is 0.766. The molecule has 27 heavy (non-hydrogen) atoms. The Morgan fingerprint density at radius 3 is 2.59 bits per heavy atom. The number of anilines is 1. The number of fused-ring (bicyclic) bond motifs is 3. The van der Waals surface area contributed by atoms with Gasteiger partial charge >= 0.3 is 0 Å². The van der Waals surface area contributed by atoms with E-state index < -0.39 is 0 Å². The van der Waals surface area contributed by atoms with Gasteiger partial charge in [-0.15, -0.1) is 11.3 Å². The Bertz CT molecular complexity index is 1060. The SMILES string of the molecule is Cc1ccc(-n2c(NN)nc3sc4c(c3c2=O)CCC(C(C)(C)C)C4)cc1. The fourth-order valence-corrected chi connectivity index (χ4v) is 5.28. The number of nitrogens with two attached hydrogens (primary N) is 1. The number of hydrogen-bond acceptors (Lipinski definition) is 5. The number of nitrogens with one attached hydrogen (secondary N) is 1. The summed E-state index contributed by atoms with van der Waals surface area (Å²) in [6, 6.07) is 7.84. The van der Waals surface area contributed by atoms with Crippen molar-refractivity contribution in [2.45, 2.75) is 47.0 Å². The Labute approximate surface area is 163 Å². The third-order valence-electron chi connectivity index (χ3n) is 5.73. The molecule has 0 spiro atoms. The molecule has 0 aliphatic heterocycles. The first-order valence-corrected chi connectivity index (χ1v) is 10.2. The molecule has 1 aliphatic rings. The van der Waals surface area contributed by atoms with Gasteiger partial charge < -0.3 is 0 Å². The van der Waals surface area contributed by atoms with Crippen LogP contribution in [-0.2, 0) is 12.8 Å². The van der Waals surface area contributed by atoms with Crippen molar-refractivity contribution in [3.8, 4) is 5.69 Å². The van der Waals surface area contributed by atoms with Crippen LogP contribution in [-0.4, -0.2) is 9.55 Å². The van der Waals surface area contributed by atoms with E-state index in [9.17, 15) is 4.79 Å². The number of hydrazine groups is 1. The number of aryl methyl sites for hydroxylation is 2. The molecule has 6 heteroatoms. The summed E-state index contributed by atoms with van der Waals surface area (Å²) >= 11 is 1.65. The second-order valence-electron chi connectivity index (χ2n) is 8.55. The fraction of sp³-hybridized carbons (Fsp3) is 0.429. The van der Waals surface area contributed by atoms with Crippen LogP contribution in [0, 0.1) is 18.3 Å². The summed E-state index contributed by atoms with van der Waals surface area (Å²) < 4.78 is 1.59. The van der Waals surface area contributed by atoms with Crippen molar-refractivity contribution in [3.63, 3.8) is 0 Å². The monoisotopic (exact) mass is 382 g/mol. The van der Waals surface area contributed by atoms with E-state index in [0.29, 0.717) is 11.9 Å². The molecule has 3 aromatic rings. The summed E-state index contributed by atoms with van der Waals surface area (Å²) in [6.45, 7) is 8.93. The Balaban J connectivity index is 1.91. The Hall–Kier alpha value is -2.18. The zero-order valence-electron chi connectivity index (χ0n) is 16.3. The average Bonchev–Trinajstić information content (AvgIpc) is 2.99. The van der Waals surface area contributed by atoms with Gasteiger partial charge in [-0.25, -0.2) is 15.4 Å². The number of nitrogen functional groups attached to an aromatic ring is 1. The highest BCUT2D eigenvalue weighted by molar-refractivity contribution is 7.18. The first-order valence-electron chi connectivity index (χ1n) is 9.40. The predicted molar refractivity (Wildman–Crippen MR) is 113 cm³/mol. The van der Waals surface area contributed by atoms with Gasteiger partial charge in [0.2, 0.25) is 5.95 Å². The molecule has 1 atom stereocenters. The Morgan fingerprint density at radius 2 is 1.96 bits per heavy atom. The second-order valence-corrected chi connectivity index (χ2v) is 9.63. The number of rotatable bonds is 2. The van der Waals surface area contributed by atoms with Crippen molar-refractivity contribution in [2.24, 2.45) is 17.2 Å². The van der Waals surface area contributed by atoms with E-state index in [1.165, 1.54) is 10.4 Å². The quantitative estimate of drug-likeness (QED) is 0.515. The molecule has 2 heterocycles. The van der Waals surface area contributed by atoms with E-state index >= 15 is 0 Å². The van der Waals surface area contributed by atoms with Crippen molar-refractivity contribution < 1.29 is 0 Å². The molecule has 1 aliphatic carbocycles. The van der Waals surface area contributed by atoms with Crippen molar-refractivity contribution in [1.82, 2.24) is 9.55 Å². The minimum Gasteiger partial charge on any atom is -0.293 e. The van der Waals surface area contributed by atoms with Gasteiger partial charge in [0, 0.05) is 4.88 Å². The topological polar surface area (TPSA) is 72.9 Å². The summed E-state index contributed by atoms with van der Waals surface area (Å²) in [7, 11) is 0. The highest BCUT2D eigenvalue weighted by atomic mass is 32.1. The molecule has 0 amide bonds. The smallest absolute Gasteiger partial charge is 0.268 e. The molecule has 2 aromatic heterocycles. The highest BCUT2D eigenvalue weighted by Gasteiger charge is 2.32. The predicted octanol–water partition coefficient (Wildman–Crippen LogP) is 4.19. The Kier molecular flexibility index (Phi) is 4.35. The molecule has 0 fully saturated rings. The van der Waals surface area contributed by atoms with Crippen LogP contribution in [0.1, 0.15) is 43.2 Å². The maximum atomic E-state index is 13.4. The number of benzene rings is 1. The maximum absolute atomic E-state index is 13.4. The standard InChI is InChI=1S/C21H26N4OS/c1-12-5-8-14(9-6-12)25-19(26)17-15-10-7-13(21(2,3)4)11-16(15)27-18(17)23-20(25)24-22/h5-6,8-9,13H,7,10-11,22H2,1-4H3,(H,23,24). The molecule has 0 radical (unpaired) electrons. The summed E-state index contributed by atoms with van der Waals surface area (Å²) in [6.07, 6.45) is 3.08. The van der Waals surface area contributed by atoms with Gasteiger partial charge in [-0.3, -0.25) is 10.2 Å². The molecule has 1 aromatic carbocycles. The molecule has 0 saturated carbocycles. The van der Waals surface area contributed by atoms with Crippen molar-refractivity contribution in [1.29, 1.82) is 0 Å². The average molecular weight is 383 g/mol. The summed E-state index contributed by atoms with van der Waals surface area (Å²) in [5.41, 5.74) is 5.96. The van der Waals surface area contributed by atoms with Crippen LogP contribution in [0.25, 0.3) is 15.9 Å². The number of aromatic nitrogens is 2. The zero-order valence-corrected chi connectivity index (χ0v) is 17.1. The third-order valence-corrected chi connectivity index (χ3v) is 6.88. The van der Waals surface area contributed by atoms with Crippen LogP contribution in [0.4, 0.5) is 5.95 Å². The van der Waals surface area contributed by atoms with Crippen LogP contribution in [0.3, 0.4) is 0 Å². The minimum atomic E-state index is -0.0384. The second kappa shape index (κ2) is 6.46. The van der Waals surface area contributed by atoms with Gasteiger partial charge in [-0.2, -0.15) is 0 Å². The largest absolute Gasteiger partial charge is 0.293 e. The minimum absolute atomic E-state index is 0.0384. The molecule has 142 valence electrons. The normalized spacial score (nSPS) is 17.1. The first kappa shape index (κ1) is 18.2. The number of nitrogens with zero attached hydrogens (tertiary/aromatic N) is 2. The fourth-order valence-electron chi connectivity index (χ4n) is 3.99. The lowest BCUT2D eigenvalue weighted by Crippen LogP contribution is -2.28. The maximum Gasteiger partial charge on any atom is 0.268 e. The third kappa shape index (κ3) is 3.07. The number of hydrogen-bond donors (Lipinski definition) is 2. The zero-order chi connectivity index (χ0) is 19.3. The van der Waals surface area contributed by atoms with Gasteiger partial charge in [0.15, 0.2) is 0 Å². The first-order chi connectivity index (χ1) is 12.8. The van der Waals surface area contributed by atoms with E-state index in [-0.39, 0.29) is 11.0 Å². The van der Waals surface area contributed by atoms with Crippen molar-refractivity contribution >= 4 is 27.5 Å². The van der Waals surface area contributed by atoms with E-state index in [0.717, 1.165) is 40.7 Å². The molecule has 0 saturated heterocycles. The van der Waals surface area contributed by atoms with Crippen molar-refractivity contribution in [3.05, 3.63) is 50.6 Å².